The minimum absolute atomic E-state index is 0.00694. The summed E-state index contributed by atoms with van der Waals surface area (Å²) in [5.41, 5.74) is 2.92. The highest BCUT2D eigenvalue weighted by atomic mass is 16.5. The van der Waals surface area contributed by atoms with Crippen molar-refractivity contribution in [3.8, 4) is 16.9 Å². The van der Waals surface area contributed by atoms with Gasteiger partial charge in [0.1, 0.15) is 5.75 Å². The van der Waals surface area contributed by atoms with Crippen molar-refractivity contribution in [2.24, 2.45) is 11.8 Å². The molecule has 0 radical (unpaired) electrons. The number of ether oxygens (including phenoxy) is 1. The average molecular weight is 421 g/mol. The molecule has 0 spiro atoms. The number of carbonyl (C=O) groups excluding carboxylic acids is 2. The second-order valence-electron chi connectivity index (χ2n) is 8.83. The third kappa shape index (κ3) is 5.46. The molecule has 2 fully saturated rings. The molecule has 1 N–H and O–H groups in total. The molecule has 0 aromatic heterocycles. The molecular weight excluding hydrogens is 388 g/mol. The fraction of sp³-hybridized carbons (Fsp3) is 0.462. The number of amides is 2. The van der Waals surface area contributed by atoms with Gasteiger partial charge in [0.15, 0.2) is 0 Å². The molecular formula is C26H32N2O3. The van der Waals surface area contributed by atoms with E-state index in [1.165, 1.54) is 25.7 Å². The molecule has 2 aliphatic rings. The highest BCUT2D eigenvalue weighted by molar-refractivity contribution is 5.93. The first kappa shape index (κ1) is 21.4. The molecule has 2 amide bonds. The summed E-state index contributed by atoms with van der Waals surface area (Å²) in [6.07, 6.45) is 7.23. The van der Waals surface area contributed by atoms with Crippen molar-refractivity contribution in [3.05, 3.63) is 48.5 Å². The van der Waals surface area contributed by atoms with E-state index in [2.05, 4.69) is 5.32 Å². The third-order valence-corrected chi connectivity index (χ3v) is 6.64. The Labute approximate surface area is 184 Å². The molecule has 2 aromatic carbocycles. The summed E-state index contributed by atoms with van der Waals surface area (Å²) in [5.74, 6) is 1.46. The number of hydrogen-bond donors (Lipinski definition) is 1. The Hall–Kier alpha value is -2.82. The largest absolute Gasteiger partial charge is 0.497 e. The van der Waals surface area contributed by atoms with Gasteiger partial charge in [-0.1, -0.05) is 37.1 Å². The number of anilines is 1. The second-order valence-corrected chi connectivity index (χ2v) is 8.83. The van der Waals surface area contributed by atoms with Crippen LogP contribution in [0.2, 0.25) is 0 Å². The lowest BCUT2D eigenvalue weighted by atomic mass is 9.95. The Morgan fingerprint density at radius 1 is 1.00 bits per heavy atom. The average Bonchev–Trinajstić information content (AvgIpc) is 3.32. The normalized spacial score (nSPS) is 19.3. The molecule has 1 aliphatic heterocycles. The van der Waals surface area contributed by atoms with E-state index >= 15 is 0 Å². The zero-order chi connectivity index (χ0) is 21.6. The predicted molar refractivity (Wildman–Crippen MR) is 123 cm³/mol. The summed E-state index contributed by atoms with van der Waals surface area (Å²) in [4.78, 5) is 27.5. The molecule has 1 unspecified atom stereocenters. The van der Waals surface area contributed by atoms with Gasteiger partial charge in [-0.15, -0.1) is 0 Å². The smallest absolute Gasteiger partial charge is 0.229 e. The Morgan fingerprint density at radius 2 is 1.77 bits per heavy atom. The molecule has 1 atom stereocenters. The Kier molecular flexibility index (Phi) is 6.90. The monoisotopic (exact) mass is 420 g/mol. The van der Waals surface area contributed by atoms with Crippen molar-refractivity contribution in [2.45, 2.75) is 44.9 Å². The topological polar surface area (TPSA) is 58.6 Å². The van der Waals surface area contributed by atoms with Crippen molar-refractivity contribution in [3.63, 3.8) is 0 Å². The van der Waals surface area contributed by atoms with E-state index in [9.17, 15) is 9.59 Å². The molecule has 164 valence electrons. The zero-order valence-corrected chi connectivity index (χ0v) is 18.3. The van der Waals surface area contributed by atoms with Crippen molar-refractivity contribution >= 4 is 17.5 Å². The minimum Gasteiger partial charge on any atom is -0.497 e. The number of rotatable bonds is 6. The highest BCUT2D eigenvalue weighted by Crippen LogP contribution is 2.29. The van der Waals surface area contributed by atoms with Crippen LogP contribution in [0.15, 0.2) is 48.5 Å². The van der Waals surface area contributed by atoms with Gasteiger partial charge in [-0.25, -0.2) is 0 Å². The fourth-order valence-electron chi connectivity index (χ4n) is 4.80. The molecule has 0 bridgehead atoms. The maximum Gasteiger partial charge on any atom is 0.229 e. The summed E-state index contributed by atoms with van der Waals surface area (Å²) in [6, 6.07) is 15.8. The SMILES string of the molecule is COc1cccc(-c2ccc(NC(=O)C3CCCN(C(=O)CC4CCCC4)C3)cc2)c1. The fourth-order valence-corrected chi connectivity index (χ4v) is 4.80. The van der Waals surface area contributed by atoms with E-state index in [1.54, 1.807) is 7.11 Å². The summed E-state index contributed by atoms with van der Waals surface area (Å²) >= 11 is 0. The first-order chi connectivity index (χ1) is 15.1. The van der Waals surface area contributed by atoms with Gasteiger partial charge >= 0.3 is 0 Å². The molecule has 4 rings (SSSR count). The van der Waals surface area contributed by atoms with E-state index in [4.69, 9.17) is 4.74 Å². The van der Waals surface area contributed by atoms with Gasteiger partial charge in [0.05, 0.1) is 13.0 Å². The molecule has 31 heavy (non-hydrogen) atoms. The summed E-state index contributed by atoms with van der Waals surface area (Å²) in [5, 5.41) is 3.04. The second kappa shape index (κ2) is 9.99. The number of methoxy groups -OCH3 is 1. The minimum atomic E-state index is -0.140. The highest BCUT2D eigenvalue weighted by Gasteiger charge is 2.30. The van der Waals surface area contributed by atoms with Gasteiger partial charge in [-0.05, 0) is 67.0 Å². The number of benzene rings is 2. The van der Waals surface area contributed by atoms with Gasteiger partial charge < -0.3 is 15.0 Å². The van der Waals surface area contributed by atoms with Crippen LogP contribution in [0, 0.1) is 11.8 Å². The van der Waals surface area contributed by atoms with Gasteiger partial charge in [-0.2, -0.15) is 0 Å². The molecule has 1 heterocycles. The van der Waals surface area contributed by atoms with Crippen LogP contribution >= 0.6 is 0 Å². The van der Waals surface area contributed by atoms with Crippen LogP contribution in [0.3, 0.4) is 0 Å². The maximum atomic E-state index is 12.9. The van der Waals surface area contributed by atoms with Gasteiger partial charge in [0, 0.05) is 25.2 Å². The third-order valence-electron chi connectivity index (χ3n) is 6.64. The Morgan fingerprint density at radius 3 is 2.52 bits per heavy atom. The van der Waals surface area contributed by atoms with Crippen molar-refractivity contribution in [1.82, 2.24) is 4.90 Å². The molecule has 5 heteroatoms. The van der Waals surface area contributed by atoms with Crippen LogP contribution in [0.5, 0.6) is 5.75 Å². The van der Waals surface area contributed by atoms with E-state index < -0.39 is 0 Å². The van der Waals surface area contributed by atoms with Crippen LogP contribution in [0.25, 0.3) is 11.1 Å². The van der Waals surface area contributed by atoms with Gasteiger partial charge in [0.25, 0.3) is 0 Å². The standard InChI is InChI=1S/C26H32N2O3/c1-31-24-10-4-8-21(17-24)20-11-13-23(14-12-20)27-26(30)22-9-5-15-28(18-22)25(29)16-19-6-2-3-7-19/h4,8,10-14,17,19,22H,2-3,5-7,9,15-16,18H2,1H3,(H,27,30). The van der Waals surface area contributed by atoms with Crippen LogP contribution in [0.4, 0.5) is 5.69 Å². The van der Waals surface area contributed by atoms with Crippen molar-refractivity contribution in [1.29, 1.82) is 0 Å². The number of nitrogens with zero attached hydrogens (tertiary/aromatic N) is 1. The number of carbonyl (C=O) groups is 2. The Bertz CT molecular complexity index is 903. The molecule has 1 aliphatic carbocycles. The maximum absolute atomic E-state index is 12.9. The van der Waals surface area contributed by atoms with Crippen LogP contribution in [-0.4, -0.2) is 36.9 Å². The van der Waals surface area contributed by atoms with E-state index in [-0.39, 0.29) is 17.7 Å². The van der Waals surface area contributed by atoms with E-state index in [1.807, 2.05) is 53.4 Å². The molecule has 1 saturated heterocycles. The number of piperidine rings is 1. The Balaban J connectivity index is 1.33. The van der Waals surface area contributed by atoms with Crippen molar-refractivity contribution in [2.75, 3.05) is 25.5 Å². The zero-order valence-electron chi connectivity index (χ0n) is 18.3. The lowest BCUT2D eigenvalue weighted by molar-refractivity contribution is -0.135. The summed E-state index contributed by atoms with van der Waals surface area (Å²) in [6.45, 7) is 1.32. The molecule has 5 nitrogen and oxygen atoms in total. The number of likely N-dealkylation sites (tertiary alicyclic amines) is 1. The van der Waals surface area contributed by atoms with Crippen LogP contribution < -0.4 is 10.1 Å². The molecule has 1 saturated carbocycles. The number of hydrogen-bond acceptors (Lipinski definition) is 3. The van der Waals surface area contributed by atoms with Crippen molar-refractivity contribution < 1.29 is 14.3 Å². The first-order valence-corrected chi connectivity index (χ1v) is 11.5. The van der Waals surface area contributed by atoms with Gasteiger partial charge in [0.2, 0.25) is 11.8 Å². The number of nitrogens with one attached hydrogen (secondary N) is 1. The lowest BCUT2D eigenvalue weighted by Gasteiger charge is -2.32. The quantitative estimate of drug-likeness (QED) is 0.706. The van der Waals surface area contributed by atoms with E-state index in [0.29, 0.717) is 18.9 Å². The first-order valence-electron chi connectivity index (χ1n) is 11.5. The van der Waals surface area contributed by atoms with Crippen LogP contribution in [-0.2, 0) is 9.59 Å². The summed E-state index contributed by atoms with van der Waals surface area (Å²) in [7, 11) is 1.66. The van der Waals surface area contributed by atoms with Gasteiger partial charge in [-0.3, -0.25) is 9.59 Å². The lowest BCUT2D eigenvalue weighted by Crippen LogP contribution is -2.44. The van der Waals surface area contributed by atoms with E-state index in [0.717, 1.165) is 42.0 Å². The predicted octanol–water partition coefficient (Wildman–Crippen LogP) is 5.12. The summed E-state index contributed by atoms with van der Waals surface area (Å²) < 4.78 is 5.30. The van der Waals surface area contributed by atoms with Crippen LogP contribution in [0.1, 0.15) is 44.9 Å². The molecule has 2 aromatic rings.